The number of carbonyl (C=O) groups is 2. The molecule has 0 saturated carbocycles. The van der Waals surface area contributed by atoms with E-state index in [1.54, 1.807) is 24.3 Å². The van der Waals surface area contributed by atoms with E-state index < -0.39 is 11.9 Å². The number of anilines is 2. The molecule has 0 radical (unpaired) electrons. The number of benzene rings is 3. The molecule has 1 unspecified atom stereocenters. The Hall–Kier alpha value is -3.82. The van der Waals surface area contributed by atoms with Crippen LogP contribution in [-0.2, 0) is 9.59 Å². The lowest BCUT2D eigenvalue weighted by atomic mass is 9.87. The lowest BCUT2D eigenvalue weighted by molar-refractivity contribution is -0.127. The monoisotopic (exact) mass is 549 g/mol. The van der Waals surface area contributed by atoms with Gasteiger partial charge >= 0.3 is 0 Å². The van der Waals surface area contributed by atoms with Gasteiger partial charge in [-0.2, -0.15) is 0 Å². The molecule has 0 aliphatic carbocycles. The summed E-state index contributed by atoms with van der Waals surface area (Å²) in [6, 6.07) is 19.9. The molecule has 1 atom stereocenters. The van der Waals surface area contributed by atoms with Crippen molar-refractivity contribution in [2.24, 2.45) is 5.73 Å². The van der Waals surface area contributed by atoms with Crippen molar-refractivity contribution in [2.45, 2.75) is 24.8 Å². The number of carbonyl (C=O) groups excluding carboxylic acids is 2. The van der Waals surface area contributed by atoms with E-state index in [9.17, 15) is 18.4 Å². The molecule has 3 N–H and O–H groups in total. The van der Waals surface area contributed by atoms with Crippen LogP contribution in [0.5, 0.6) is 0 Å². The maximum absolute atomic E-state index is 13.5. The number of nitrogens with two attached hydrogens (primary N) is 1. The van der Waals surface area contributed by atoms with Gasteiger partial charge in [-0.05, 0) is 79.0 Å². The van der Waals surface area contributed by atoms with Crippen molar-refractivity contribution < 1.29 is 18.4 Å². The number of nitrogens with one attached hydrogen (secondary N) is 1. The second-order valence-electron chi connectivity index (χ2n) is 10.5. The zero-order valence-corrected chi connectivity index (χ0v) is 23.0. The van der Waals surface area contributed by atoms with Crippen molar-refractivity contribution in [1.29, 1.82) is 0 Å². The van der Waals surface area contributed by atoms with Crippen LogP contribution in [0.3, 0.4) is 0 Å². The van der Waals surface area contributed by atoms with E-state index in [0.717, 1.165) is 35.3 Å². The fourth-order valence-electron chi connectivity index (χ4n) is 5.22. The van der Waals surface area contributed by atoms with Gasteiger partial charge in [0.25, 0.3) is 0 Å². The number of hydrogen-bond donors (Lipinski definition) is 2. The van der Waals surface area contributed by atoms with Gasteiger partial charge in [-0.15, -0.1) is 0 Å². The minimum absolute atomic E-state index is 0.0370. The van der Waals surface area contributed by atoms with Crippen LogP contribution in [0.25, 0.3) is 0 Å². The van der Waals surface area contributed by atoms with E-state index in [-0.39, 0.29) is 30.0 Å². The summed E-state index contributed by atoms with van der Waals surface area (Å²) in [6.45, 7) is 2.43. The number of rotatable bonds is 11. The van der Waals surface area contributed by atoms with Crippen LogP contribution >= 0.6 is 0 Å². The lowest BCUT2D eigenvalue weighted by Gasteiger charge is -2.39. The molecular formula is C31H37F2N5O2. The van der Waals surface area contributed by atoms with Gasteiger partial charge in [0, 0.05) is 51.0 Å². The highest BCUT2D eigenvalue weighted by Gasteiger charge is 2.31. The zero-order valence-electron chi connectivity index (χ0n) is 23.0. The van der Waals surface area contributed by atoms with Crippen LogP contribution in [-0.4, -0.2) is 74.5 Å². The number of hydrogen-bond acceptors (Lipinski definition) is 5. The molecule has 40 heavy (non-hydrogen) atoms. The average Bonchev–Trinajstić information content (AvgIpc) is 2.93. The normalized spacial score (nSPS) is 16.2. The quantitative estimate of drug-likeness (QED) is 0.377. The molecule has 212 valence electrons. The predicted octanol–water partition coefficient (Wildman–Crippen LogP) is 4.05. The average molecular weight is 550 g/mol. The zero-order chi connectivity index (χ0) is 28.6. The first-order valence-corrected chi connectivity index (χ1v) is 13.5. The minimum Gasteiger partial charge on any atom is -0.378 e. The smallest absolute Gasteiger partial charge is 0.238 e. The van der Waals surface area contributed by atoms with E-state index >= 15 is 0 Å². The van der Waals surface area contributed by atoms with Gasteiger partial charge in [0.05, 0.1) is 6.54 Å². The number of piperazine rings is 1. The second kappa shape index (κ2) is 13.5. The Kier molecular flexibility index (Phi) is 9.84. The van der Waals surface area contributed by atoms with Crippen LogP contribution in [0.15, 0.2) is 72.8 Å². The van der Waals surface area contributed by atoms with E-state index in [1.165, 1.54) is 24.3 Å². The standard InChI is InChI=1S/C31H37F2N5O2/c1-36(2)27-15-13-26(14-16-27)35-30(39)21-37-18-19-38(29(20-37)31(34)40)17-3-4-28(22-5-9-24(32)10-6-22)23-7-11-25(33)12-8-23/h5-16,28-29H,3-4,17-21H2,1-2H3,(H2,34,40)(H,35,39). The maximum Gasteiger partial charge on any atom is 0.238 e. The van der Waals surface area contributed by atoms with Gasteiger partial charge in [-0.3, -0.25) is 19.4 Å². The van der Waals surface area contributed by atoms with Gasteiger partial charge in [0.1, 0.15) is 17.7 Å². The Morgan fingerprint density at radius 3 is 2.02 bits per heavy atom. The van der Waals surface area contributed by atoms with Crippen molar-refractivity contribution in [1.82, 2.24) is 9.80 Å². The molecule has 3 aromatic rings. The molecule has 0 bridgehead atoms. The molecule has 1 aliphatic rings. The molecule has 0 aromatic heterocycles. The highest BCUT2D eigenvalue weighted by molar-refractivity contribution is 5.92. The van der Waals surface area contributed by atoms with Gasteiger partial charge in [-0.1, -0.05) is 24.3 Å². The van der Waals surface area contributed by atoms with Crippen molar-refractivity contribution in [3.63, 3.8) is 0 Å². The number of halogens is 2. The summed E-state index contributed by atoms with van der Waals surface area (Å²) in [6.07, 6.45) is 1.49. The third kappa shape index (κ3) is 7.86. The third-order valence-corrected chi connectivity index (χ3v) is 7.42. The first-order valence-electron chi connectivity index (χ1n) is 13.5. The van der Waals surface area contributed by atoms with Crippen molar-refractivity contribution in [3.05, 3.63) is 95.6 Å². The summed E-state index contributed by atoms with van der Waals surface area (Å²) >= 11 is 0. The molecular weight excluding hydrogens is 512 g/mol. The molecule has 7 nitrogen and oxygen atoms in total. The number of nitrogens with zero attached hydrogens (tertiary/aromatic N) is 3. The summed E-state index contributed by atoms with van der Waals surface area (Å²) in [5.74, 6) is -1.21. The fourth-order valence-corrected chi connectivity index (χ4v) is 5.22. The van der Waals surface area contributed by atoms with Crippen LogP contribution < -0.4 is 16.0 Å². The number of primary amides is 1. The summed E-state index contributed by atoms with van der Waals surface area (Å²) in [5.41, 5.74) is 9.43. The van der Waals surface area contributed by atoms with Gasteiger partial charge in [0.2, 0.25) is 11.8 Å². The molecule has 1 heterocycles. The molecule has 0 spiro atoms. The van der Waals surface area contributed by atoms with Gasteiger partial charge in [-0.25, -0.2) is 8.78 Å². The Balaban J connectivity index is 1.33. The summed E-state index contributed by atoms with van der Waals surface area (Å²) in [4.78, 5) is 31.0. The molecule has 1 aliphatic heterocycles. The first-order chi connectivity index (χ1) is 19.2. The van der Waals surface area contributed by atoms with Crippen molar-refractivity contribution >= 4 is 23.2 Å². The lowest BCUT2D eigenvalue weighted by Crippen LogP contribution is -2.59. The second-order valence-corrected chi connectivity index (χ2v) is 10.5. The Bertz CT molecular complexity index is 1220. The van der Waals surface area contributed by atoms with Crippen molar-refractivity contribution in [2.75, 3.05) is 57.0 Å². The topological polar surface area (TPSA) is 81.9 Å². The molecule has 2 amide bonds. The van der Waals surface area contributed by atoms with E-state index in [4.69, 9.17) is 5.73 Å². The molecule has 1 saturated heterocycles. The minimum atomic E-state index is -0.504. The molecule has 9 heteroatoms. The van der Waals surface area contributed by atoms with Crippen LogP contribution in [0.2, 0.25) is 0 Å². The van der Waals surface area contributed by atoms with E-state index in [0.29, 0.717) is 26.2 Å². The fraction of sp³-hybridized carbons (Fsp3) is 0.355. The largest absolute Gasteiger partial charge is 0.378 e. The van der Waals surface area contributed by atoms with Crippen molar-refractivity contribution in [3.8, 4) is 0 Å². The van der Waals surface area contributed by atoms with E-state index in [2.05, 4.69) is 10.2 Å². The Labute approximate surface area is 234 Å². The summed E-state index contributed by atoms with van der Waals surface area (Å²) in [5, 5.41) is 2.92. The van der Waals surface area contributed by atoms with Gasteiger partial charge in [0.15, 0.2) is 0 Å². The molecule has 4 rings (SSSR count). The first kappa shape index (κ1) is 29.2. The third-order valence-electron chi connectivity index (χ3n) is 7.42. The molecule has 3 aromatic carbocycles. The SMILES string of the molecule is CN(C)c1ccc(NC(=O)CN2CCN(CCCC(c3ccc(F)cc3)c3ccc(F)cc3)C(C(N)=O)C2)cc1. The van der Waals surface area contributed by atoms with E-state index in [1.807, 2.05) is 48.2 Å². The number of amides is 2. The Morgan fingerprint density at radius 2 is 1.50 bits per heavy atom. The van der Waals surface area contributed by atoms with Crippen LogP contribution in [0.1, 0.15) is 29.9 Å². The van der Waals surface area contributed by atoms with Gasteiger partial charge < -0.3 is 16.0 Å². The Morgan fingerprint density at radius 1 is 0.925 bits per heavy atom. The van der Waals surface area contributed by atoms with Crippen LogP contribution in [0, 0.1) is 11.6 Å². The summed E-state index contributed by atoms with van der Waals surface area (Å²) in [7, 11) is 3.91. The predicted molar refractivity (Wildman–Crippen MR) is 154 cm³/mol. The highest BCUT2D eigenvalue weighted by Crippen LogP contribution is 2.30. The summed E-state index contributed by atoms with van der Waals surface area (Å²) < 4.78 is 27.1. The van der Waals surface area contributed by atoms with Crippen LogP contribution in [0.4, 0.5) is 20.2 Å². The maximum atomic E-state index is 13.5. The highest BCUT2D eigenvalue weighted by atomic mass is 19.1. The molecule has 1 fully saturated rings.